The third kappa shape index (κ3) is 3.40. The van der Waals surface area contributed by atoms with E-state index in [1.807, 2.05) is 41.8 Å². The summed E-state index contributed by atoms with van der Waals surface area (Å²) in [5, 5.41) is 3.49. The zero-order valence-corrected chi connectivity index (χ0v) is 11.8. The molecule has 0 bridgehead atoms. The molecule has 104 valence electrons. The Morgan fingerprint density at radius 1 is 1.32 bits per heavy atom. The lowest BCUT2D eigenvalue weighted by Crippen LogP contribution is -2.42. The zero-order chi connectivity index (χ0) is 13.7. The van der Waals surface area contributed by atoms with Gasteiger partial charge in [-0.2, -0.15) is 0 Å². The minimum Gasteiger partial charge on any atom is -0.380 e. The average molecular weight is 261 g/mol. The van der Waals surface area contributed by atoms with E-state index in [-0.39, 0.29) is 6.03 Å². The first-order valence-corrected chi connectivity index (χ1v) is 7.10. The van der Waals surface area contributed by atoms with Crippen molar-refractivity contribution in [2.24, 2.45) is 0 Å². The molecule has 4 nitrogen and oxygen atoms in total. The van der Waals surface area contributed by atoms with Gasteiger partial charge in [-0.05, 0) is 32.4 Å². The number of hydrogen-bond donors (Lipinski definition) is 1. The van der Waals surface area contributed by atoms with E-state index in [0.717, 1.165) is 38.3 Å². The van der Waals surface area contributed by atoms with E-state index in [9.17, 15) is 4.79 Å². The smallest absolute Gasteiger partial charge is 0.320 e. The molecule has 4 heteroatoms. The highest BCUT2D eigenvalue weighted by molar-refractivity contribution is 5.74. The Labute approximate surface area is 115 Å². The third-order valence-corrected chi connectivity index (χ3v) is 3.64. The van der Waals surface area contributed by atoms with Gasteiger partial charge in [0.15, 0.2) is 0 Å². The van der Waals surface area contributed by atoms with Crippen LogP contribution in [0.4, 0.5) is 10.5 Å². The lowest BCUT2D eigenvalue weighted by Gasteiger charge is -2.26. The highest BCUT2D eigenvalue weighted by Gasteiger charge is 2.28. The van der Waals surface area contributed by atoms with Crippen LogP contribution in [0, 0.1) is 0 Å². The zero-order valence-electron chi connectivity index (χ0n) is 11.8. The number of hydrogen-bond acceptors (Lipinski definition) is 2. The summed E-state index contributed by atoms with van der Waals surface area (Å²) in [6, 6.07) is 10.7. The van der Waals surface area contributed by atoms with Gasteiger partial charge in [-0.3, -0.25) is 0 Å². The van der Waals surface area contributed by atoms with Crippen molar-refractivity contribution in [1.82, 2.24) is 9.80 Å². The van der Waals surface area contributed by atoms with Crippen LogP contribution in [0.5, 0.6) is 0 Å². The van der Waals surface area contributed by atoms with Gasteiger partial charge in [-0.15, -0.1) is 0 Å². The maximum absolute atomic E-state index is 12.2. The number of likely N-dealkylation sites (tertiary alicyclic amines) is 1. The maximum atomic E-state index is 12.2. The fourth-order valence-corrected chi connectivity index (χ4v) is 2.52. The number of rotatable bonds is 4. The van der Waals surface area contributed by atoms with E-state index in [2.05, 4.69) is 17.4 Å². The summed E-state index contributed by atoms with van der Waals surface area (Å²) in [6.45, 7) is 7.25. The topological polar surface area (TPSA) is 35.6 Å². The number of para-hydroxylation sites is 1. The SMILES string of the molecule is CCN(CC)C(=O)N1CC[C@H](Nc2ccccc2)C1. The first-order valence-electron chi connectivity index (χ1n) is 7.10. The van der Waals surface area contributed by atoms with Crippen LogP contribution in [-0.2, 0) is 0 Å². The van der Waals surface area contributed by atoms with Crippen molar-refractivity contribution in [3.05, 3.63) is 30.3 Å². The van der Waals surface area contributed by atoms with Crippen molar-refractivity contribution in [2.45, 2.75) is 26.3 Å². The molecule has 2 rings (SSSR count). The molecule has 1 aliphatic rings. The quantitative estimate of drug-likeness (QED) is 0.904. The van der Waals surface area contributed by atoms with Gasteiger partial charge in [0.25, 0.3) is 0 Å². The number of anilines is 1. The monoisotopic (exact) mass is 261 g/mol. The second-order valence-electron chi connectivity index (χ2n) is 4.90. The van der Waals surface area contributed by atoms with E-state index >= 15 is 0 Å². The summed E-state index contributed by atoms with van der Waals surface area (Å²) >= 11 is 0. The molecule has 0 saturated carbocycles. The van der Waals surface area contributed by atoms with Gasteiger partial charge in [0.05, 0.1) is 0 Å². The molecular formula is C15H23N3O. The first kappa shape index (κ1) is 13.7. The summed E-state index contributed by atoms with van der Waals surface area (Å²) in [5.74, 6) is 0. The van der Waals surface area contributed by atoms with Crippen molar-refractivity contribution in [3.63, 3.8) is 0 Å². The Bertz CT molecular complexity index is 403. The van der Waals surface area contributed by atoms with E-state index in [1.165, 1.54) is 0 Å². The summed E-state index contributed by atoms with van der Waals surface area (Å²) in [6.07, 6.45) is 1.02. The lowest BCUT2D eigenvalue weighted by molar-refractivity contribution is 0.167. The first-order chi connectivity index (χ1) is 9.24. The summed E-state index contributed by atoms with van der Waals surface area (Å²) in [7, 11) is 0. The van der Waals surface area contributed by atoms with Crippen LogP contribution >= 0.6 is 0 Å². The number of carbonyl (C=O) groups excluding carboxylic acids is 1. The van der Waals surface area contributed by atoms with Crippen LogP contribution in [0.2, 0.25) is 0 Å². The molecule has 0 radical (unpaired) electrons. The maximum Gasteiger partial charge on any atom is 0.320 e. The number of amides is 2. The largest absolute Gasteiger partial charge is 0.380 e. The van der Waals surface area contributed by atoms with Crippen molar-refractivity contribution >= 4 is 11.7 Å². The average Bonchev–Trinajstić information content (AvgIpc) is 2.89. The second kappa shape index (κ2) is 6.45. The van der Waals surface area contributed by atoms with Gasteiger partial charge in [0.1, 0.15) is 0 Å². The third-order valence-electron chi connectivity index (χ3n) is 3.64. The Balaban J connectivity index is 1.88. The molecule has 2 amide bonds. The Morgan fingerprint density at radius 3 is 2.63 bits per heavy atom. The number of nitrogens with one attached hydrogen (secondary N) is 1. The summed E-state index contributed by atoms with van der Waals surface area (Å²) in [4.78, 5) is 16.1. The van der Waals surface area contributed by atoms with E-state index < -0.39 is 0 Å². The number of nitrogens with zero attached hydrogens (tertiary/aromatic N) is 2. The molecule has 1 aliphatic heterocycles. The predicted octanol–water partition coefficient (Wildman–Crippen LogP) is 2.63. The predicted molar refractivity (Wildman–Crippen MR) is 78.4 cm³/mol. The van der Waals surface area contributed by atoms with Gasteiger partial charge in [0.2, 0.25) is 0 Å². The van der Waals surface area contributed by atoms with Crippen LogP contribution < -0.4 is 5.32 Å². The van der Waals surface area contributed by atoms with Gasteiger partial charge in [0, 0.05) is 37.9 Å². The van der Waals surface area contributed by atoms with Crippen molar-refractivity contribution < 1.29 is 4.79 Å². The second-order valence-corrected chi connectivity index (χ2v) is 4.90. The Hall–Kier alpha value is -1.71. The molecule has 1 fully saturated rings. The lowest BCUT2D eigenvalue weighted by atomic mass is 10.2. The molecule has 1 atom stereocenters. The minimum atomic E-state index is 0.169. The van der Waals surface area contributed by atoms with E-state index in [1.54, 1.807) is 0 Å². The molecule has 0 aromatic heterocycles. The van der Waals surface area contributed by atoms with Crippen molar-refractivity contribution in [3.8, 4) is 0 Å². The molecule has 1 aromatic carbocycles. The highest BCUT2D eigenvalue weighted by atomic mass is 16.2. The van der Waals surface area contributed by atoms with Crippen molar-refractivity contribution in [1.29, 1.82) is 0 Å². The molecule has 0 aliphatic carbocycles. The summed E-state index contributed by atoms with van der Waals surface area (Å²) in [5.41, 5.74) is 1.13. The minimum absolute atomic E-state index is 0.169. The molecule has 19 heavy (non-hydrogen) atoms. The van der Waals surface area contributed by atoms with E-state index in [4.69, 9.17) is 0 Å². The molecule has 1 saturated heterocycles. The van der Waals surface area contributed by atoms with Crippen LogP contribution in [0.25, 0.3) is 0 Å². The van der Waals surface area contributed by atoms with E-state index in [0.29, 0.717) is 6.04 Å². The molecule has 0 unspecified atom stereocenters. The Kier molecular flexibility index (Phi) is 4.66. The van der Waals surface area contributed by atoms with Crippen molar-refractivity contribution in [2.75, 3.05) is 31.5 Å². The van der Waals surface area contributed by atoms with Crippen LogP contribution in [0.3, 0.4) is 0 Å². The molecule has 1 heterocycles. The highest BCUT2D eigenvalue weighted by Crippen LogP contribution is 2.16. The van der Waals surface area contributed by atoms with Crippen LogP contribution in [0.15, 0.2) is 30.3 Å². The Morgan fingerprint density at radius 2 is 2.00 bits per heavy atom. The van der Waals surface area contributed by atoms with Gasteiger partial charge < -0.3 is 15.1 Å². The summed E-state index contributed by atoms with van der Waals surface area (Å²) < 4.78 is 0. The fourth-order valence-electron chi connectivity index (χ4n) is 2.52. The standard InChI is InChI=1S/C15H23N3O/c1-3-17(4-2)15(19)18-11-10-14(12-18)16-13-8-6-5-7-9-13/h5-9,14,16H,3-4,10-12H2,1-2H3/t14-/m0/s1. The molecule has 1 N–H and O–H groups in total. The fraction of sp³-hybridized carbons (Fsp3) is 0.533. The van der Waals surface area contributed by atoms with Crippen LogP contribution in [0.1, 0.15) is 20.3 Å². The number of urea groups is 1. The van der Waals surface area contributed by atoms with Gasteiger partial charge in [-0.1, -0.05) is 18.2 Å². The molecular weight excluding hydrogens is 238 g/mol. The van der Waals surface area contributed by atoms with Gasteiger partial charge >= 0.3 is 6.03 Å². The number of carbonyl (C=O) groups is 1. The molecule has 1 aromatic rings. The normalized spacial score (nSPS) is 18.4. The van der Waals surface area contributed by atoms with Crippen LogP contribution in [-0.4, -0.2) is 48.1 Å². The van der Waals surface area contributed by atoms with Gasteiger partial charge in [-0.25, -0.2) is 4.79 Å². The molecule has 0 spiro atoms. The number of benzene rings is 1.